The molecular weight excluding hydrogens is 372 g/mol. The van der Waals surface area contributed by atoms with Gasteiger partial charge in [0, 0.05) is 47.8 Å². The summed E-state index contributed by atoms with van der Waals surface area (Å²) in [4.78, 5) is 16.0. The average Bonchev–Trinajstić information content (AvgIpc) is 2.76. The summed E-state index contributed by atoms with van der Waals surface area (Å²) >= 11 is 0. The van der Waals surface area contributed by atoms with Crippen LogP contribution in [0.2, 0.25) is 0 Å². The van der Waals surface area contributed by atoms with Gasteiger partial charge in [-0.3, -0.25) is 4.98 Å². The van der Waals surface area contributed by atoms with Gasteiger partial charge in [0.1, 0.15) is 5.82 Å². The molecule has 152 valence electrons. The van der Waals surface area contributed by atoms with Crippen LogP contribution in [0.1, 0.15) is 19.5 Å². The number of hydrogen-bond donors (Lipinski definition) is 2. The van der Waals surface area contributed by atoms with Crippen molar-refractivity contribution in [3.63, 3.8) is 0 Å². The van der Waals surface area contributed by atoms with Crippen LogP contribution < -0.4 is 15.5 Å². The van der Waals surface area contributed by atoms with Gasteiger partial charge >= 0.3 is 0 Å². The second kappa shape index (κ2) is 8.78. The summed E-state index contributed by atoms with van der Waals surface area (Å²) in [7, 11) is 0. The number of fused-ring (bicyclic) bond motifs is 1. The number of hydrogen-bond acceptors (Lipinski definition) is 6. The lowest BCUT2D eigenvalue weighted by atomic mass is 10.2. The molecule has 0 radical (unpaired) electrons. The minimum atomic E-state index is 0.537. The van der Waals surface area contributed by atoms with Crippen molar-refractivity contribution in [2.45, 2.75) is 20.8 Å². The topological polar surface area (TPSA) is 66.0 Å². The van der Waals surface area contributed by atoms with E-state index in [4.69, 9.17) is 0 Å². The SMILES string of the molecule is CCN(CC)c1ccc(Nc2cc(C)nc(Nc3cccc4cccnc34)n2)cc1. The zero-order chi connectivity index (χ0) is 20.9. The fourth-order valence-electron chi connectivity index (χ4n) is 3.51. The van der Waals surface area contributed by atoms with Crippen LogP contribution in [0.5, 0.6) is 0 Å². The highest BCUT2D eigenvalue weighted by atomic mass is 15.1. The molecule has 30 heavy (non-hydrogen) atoms. The molecule has 0 saturated heterocycles. The van der Waals surface area contributed by atoms with Crippen molar-refractivity contribution in [2.75, 3.05) is 28.6 Å². The Hall–Kier alpha value is -3.67. The van der Waals surface area contributed by atoms with Crippen LogP contribution in [-0.2, 0) is 0 Å². The molecule has 2 aromatic heterocycles. The lowest BCUT2D eigenvalue weighted by Gasteiger charge is -2.21. The van der Waals surface area contributed by atoms with E-state index in [2.05, 4.69) is 68.6 Å². The van der Waals surface area contributed by atoms with Crippen molar-refractivity contribution in [1.82, 2.24) is 15.0 Å². The standard InChI is InChI=1S/C24H26N6/c1-4-30(5-2)20-13-11-19(12-14-20)27-22-16-17(3)26-24(29-22)28-21-10-6-8-18-9-7-15-25-23(18)21/h6-16H,4-5H2,1-3H3,(H2,26,27,28,29). The van der Waals surface area contributed by atoms with Gasteiger partial charge in [0.25, 0.3) is 0 Å². The molecule has 6 nitrogen and oxygen atoms in total. The van der Waals surface area contributed by atoms with Crippen molar-refractivity contribution < 1.29 is 0 Å². The molecule has 2 N–H and O–H groups in total. The van der Waals surface area contributed by atoms with E-state index in [0.29, 0.717) is 5.95 Å². The molecule has 4 rings (SSSR count). The molecule has 6 heteroatoms. The normalized spacial score (nSPS) is 10.8. The fraction of sp³-hybridized carbons (Fsp3) is 0.208. The monoisotopic (exact) mass is 398 g/mol. The third-order valence-corrected chi connectivity index (χ3v) is 5.00. The van der Waals surface area contributed by atoms with Crippen molar-refractivity contribution >= 4 is 39.7 Å². The molecule has 0 amide bonds. The number of aromatic nitrogens is 3. The molecule has 2 aromatic carbocycles. The Bertz CT molecular complexity index is 1130. The molecule has 0 bridgehead atoms. The average molecular weight is 399 g/mol. The number of para-hydroxylation sites is 1. The van der Waals surface area contributed by atoms with Gasteiger partial charge in [0.2, 0.25) is 5.95 Å². The fourth-order valence-corrected chi connectivity index (χ4v) is 3.51. The molecule has 0 aliphatic rings. The minimum Gasteiger partial charge on any atom is -0.372 e. The number of pyridine rings is 1. The van der Waals surface area contributed by atoms with Crippen LogP contribution in [0, 0.1) is 6.92 Å². The van der Waals surface area contributed by atoms with Crippen LogP contribution in [0.15, 0.2) is 66.9 Å². The first-order valence-corrected chi connectivity index (χ1v) is 10.2. The van der Waals surface area contributed by atoms with Crippen LogP contribution in [0.3, 0.4) is 0 Å². The summed E-state index contributed by atoms with van der Waals surface area (Å²) in [5, 5.41) is 7.78. The Labute approximate surface area is 177 Å². The molecule has 0 aliphatic heterocycles. The maximum atomic E-state index is 4.65. The second-order valence-electron chi connectivity index (χ2n) is 7.07. The van der Waals surface area contributed by atoms with E-state index in [-0.39, 0.29) is 0 Å². The number of nitrogens with one attached hydrogen (secondary N) is 2. The van der Waals surface area contributed by atoms with Gasteiger partial charge < -0.3 is 15.5 Å². The van der Waals surface area contributed by atoms with E-state index in [1.807, 2.05) is 43.3 Å². The van der Waals surface area contributed by atoms with Gasteiger partial charge in [-0.25, -0.2) is 4.98 Å². The van der Waals surface area contributed by atoms with E-state index in [0.717, 1.165) is 46.9 Å². The number of nitrogens with zero attached hydrogens (tertiary/aromatic N) is 4. The third kappa shape index (κ3) is 4.33. The summed E-state index contributed by atoms with van der Waals surface area (Å²) in [6.07, 6.45) is 1.79. The zero-order valence-electron chi connectivity index (χ0n) is 17.6. The van der Waals surface area contributed by atoms with Gasteiger partial charge in [0.05, 0.1) is 11.2 Å². The number of rotatable bonds is 7. The van der Waals surface area contributed by atoms with Crippen molar-refractivity contribution in [3.05, 3.63) is 72.6 Å². The van der Waals surface area contributed by atoms with Gasteiger partial charge in [-0.15, -0.1) is 0 Å². The van der Waals surface area contributed by atoms with E-state index < -0.39 is 0 Å². The van der Waals surface area contributed by atoms with E-state index in [1.165, 1.54) is 5.69 Å². The largest absolute Gasteiger partial charge is 0.372 e. The lowest BCUT2D eigenvalue weighted by molar-refractivity contribution is 0.866. The molecule has 0 fully saturated rings. The molecule has 0 unspecified atom stereocenters. The Morgan fingerprint density at radius 3 is 2.40 bits per heavy atom. The lowest BCUT2D eigenvalue weighted by Crippen LogP contribution is -2.21. The number of benzene rings is 2. The van der Waals surface area contributed by atoms with Crippen LogP contribution in [0.4, 0.5) is 28.8 Å². The Morgan fingerprint density at radius 1 is 0.867 bits per heavy atom. The first-order valence-electron chi connectivity index (χ1n) is 10.2. The van der Waals surface area contributed by atoms with Crippen molar-refractivity contribution in [3.8, 4) is 0 Å². The molecule has 0 aliphatic carbocycles. The van der Waals surface area contributed by atoms with Crippen LogP contribution >= 0.6 is 0 Å². The molecule has 4 aromatic rings. The van der Waals surface area contributed by atoms with Crippen molar-refractivity contribution in [1.29, 1.82) is 0 Å². The summed E-state index contributed by atoms with van der Waals surface area (Å²) < 4.78 is 0. The highest BCUT2D eigenvalue weighted by molar-refractivity contribution is 5.91. The molecule has 0 atom stereocenters. The van der Waals surface area contributed by atoms with E-state index in [1.54, 1.807) is 6.20 Å². The summed E-state index contributed by atoms with van der Waals surface area (Å²) in [5.74, 6) is 1.28. The van der Waals surface area contributed by atoms with Gasteiger partial charge in [-0.2, -0.15) is 4.98 Å². The predicted molar refractivity (Wildman–Crippen MR) is 125 cm³/mol. The minimum absolute atomic E-state index is 0.537. The van der Waals surface area contributed by atoms with Gasteiger partial charge in [-0.05, 0) is 57.2 Å². The van der Waals surface area contributed by atoms with E-state index >= 15 is 0 Å². The molecule has 0 saturated carbocycles. The predicted octanol–water partition coefficient (Wildman–Crippen LogP) is 5.67. The number of anilines is 5. The Kier molecular flexibility index (Phi) is 5.75. The molecular formula is C24H26N6. The number of aryl methyl sites for hydroxylation is 1. The molecule has 2 heterocycles. The Morgan fingerprint density at radius 2 is 1.63 bits per heavy atom. The molecule has 0 spiro atoms. The summed E-state index contributed by atoms with van der Waals surface area (Å²) in [5.41, 5.74) is 4.86. The van der Waals surface area contributed by atoms with E-state index in [9.17, 15) is 0 Å². The van der Waals surface area contributed by atoms with Crippen molar-refractivity contribution in [2.24, 2.45) is 0 Å². The van der Waals surface area contributed by atoms with Gasteiger partial charge in [0.15, 0.2) is 0 Å². The second-order valence-corrected chi connectivity index (χ2v) is 7.07. The summed E-state index contributed by atoms with van der Waals surface area (Å²) in [6.45, 7) is 8.28. The quantitative estimate of drug-likeness (QED) is 0.418. The van der Waals surface area contributed by atoms with Gasteiger partial charge in [-0.1, -0.05) is 18.2 Å². The maximum Gasteiger partial charge on any atom is 0.229 e. The Balaban J connectivity index is 1.56. The maximum absolute atomic E-state index is 4.65. The highest BCUT2D eigenvalue weighted by Crippen LogP contribution is 2.25. The smallest absolute Gasteiger partial charge is 0.229 e. The zero-order valence-corrected chi connectivity index (χ0v) is 17.6. The highest BCUT2D eigenvalue weighted by Gasteiger charge is 2.07. The van der Waals surface area contributed by atoms with Crippen LogP contribution in [-0.4, -0.2) is 28.0 Å². The van der Waals surface area contributed by atoms with Crippen LogP contribution in [0.25, 0.3) is 10.9 Å². The third-order valence-electron chi connectivity index (χ3n) is 5.00. The first kappa shape index (κ1) is 19.6. The summed E-state index contributed by atoms with van der Waals surface area (Å²) in [6, 6.07) is 20.3. The first-order chi connectivity index (χ1) is 14.7.